The van der Waals surface area contributed by atoms with Gasteiger partial charge in [-0.15, -0.1) is 10.2 Å². The van der Waals surface area contributed by atoms with Gasteiger partial charge in [-0.3, -0.25) is 0 Å². The zero-order chi connectivity index (χ0) is 12.4. The molecule has 0 fully saturated rings. The standard InChI is InChI=1S/C12H13ClN2OS/c1-7(16)8(2)17-12-10-6-4-3-5-9(10)11(13)14-15-12/h3-8,16H,1-2H3. The number of thioether (sulfide) groups is 1. The second-order valence-electron chi connectivity index (χ2n) is 3.91. The van der Waals surface area contributed by atoms with Gasteiger partial charge in [0, 0.05) is 16.0 Å². The third-order valence-corrected chi connectivity index (χ3v) is 4.15. The number of aliphatic hydroxyl groups excluding tert-OH is 1. The van der Waals surface area contributed by atoms with Crippen LogP contribution in [-0.4, -0.2) is 26.7 Å². The van der Waals surface area contributed by atoms with Crippen molar-refractivity contribution in [3.63, 3.8) is 0 Å². The van der Waals surface area contributed by atoms with Gasteiger partial charge in [-0.2, -0.15) is 0 Å². The van der Waals surface area contributed by atoms with Crippen molar-refractivity contribution in [3.05, 3.63) is 29.4 Å². The molecule has 0 aliphatic rings. The number of fused-ring (bicyclic) bond motifs is 1. The summed E-state index contributed by atoms with van der Waals surface area (Å²) in [6.07, 6.45) is -0.392. The highest BCUT2D eigenvalue weighted by Crippen LogP contribution is 2.31. The van der Waals surface area contributed by atoms with Crippen molar-refractivity contribution in [2.75, 3.05) is 0 Å². The molecule has 0 aliphatic heterocycles. The van der Waals surface area contributed by atoms with E-state index in [0.717, 1.165) is 15.8 Å². The molecule has 2 aromatic rings. The van der Waals surface area contributed by atoms with Gasteiger partial charge in [-0.25, -0.2) is 0 Å². The van der Waals surface area contributed by atoms with Crippen molar-refractivity contribution < 1.29 is 5.11 Å². The summed E-state index contributed by atoms with van der Waals surface area (Å²) in [5.41, 5.74) is 0. The van der Waals surface area contributed by atoms with Gasteiger partial charge in [0.1, 0.15) is 5.03 Å². The monoisotopic (exact) mass is 268 g/mol. The molecule has 0 bridgehead atoms. The predicted octanol–water partition coefficient (Wildman–Crippen LogP) is 3.14. The fourth-order valence-corrected chi connectivity index (χ4v) is 2.55. The lowest BCUT2D eigenvalue weighted by Crippen LogP contribution is -2.15. The molecule has 0 saturated heterocycles. The van der Waals surface area contributed by atoms with Crippen LogP contribution in [0.1, 0.15) is 13.8 Å². The normalized spacial score (nSPS) is 14.8. The SMILES string of the molecule is CC(O)C(C)Sc1nnc(Cl)c2ccccc12. The van der Waals surface area contributed by atoms with Crippen LogP contribution in [0.3, 0.4) is 0 Å². The summed E-state index contributed by atoms with van der Waals surface area (Å²) >= 11 is 7.50. The molecule has 0 amide bonds. The minimum Gasteiger partial charge on any atom is -0.392 e. The number of hydrogen-bond donors (Lipinski definition) is 1. The minimum absolute atomic E-state index is 0.0638. The molecule has 17 heavy (non-hydrogen) atoms. The number of rotatable bonds is 3. The Hall–Kier alpha value is -0.840. The van der Waals surface area contributed by atoms with E-state index in [2.05, 4.69) is 10.2 Å². The van der Waals surface area contributed by atoms with Gasteiger partial charge in [-0.05, 0) is 6.92 Å². The first-order chi connectivity index (χ1) is 8.09. The number of halogens is 1. The quantitative estimate of drug-likeness (QED) is 0.869. The van der Waals surface area contributed by atoms with Gasteiger partial charge in [0.15, 0.2) is 5.15 Å². The minimum atomic E-state index is -0.392. The number of aromatic nitrogens is 2. The second kappa shape index (κ2) is 5.21. The van der Waals surface area contributed by atoms with Gasteiger partial charge in [0.2, 0.25) is 0 Å². The molecule has 5 heteroatoms. The second-order valence-corrected chi connectivity index (χ2v) is 5.63. The number of benzene rings is 1. The summed E-state index contributed by atoms with van der Waals surface area (Å²) in [6, 6.07) is 7.75. The Balaban J connectivity index is 2.45. The van der Waals surface area contributed by atoms with Crippen LogP contribution in [0.15, 0.2) is 29.3 Å². The van der Waals surface area contributed by atoms with Crippen LogP contribution >= 0.6 is 23.4 Å². The molecule has 2 rings (SSSR count). The van der Waals surface area contributed by atoms with Crippen molar-refractivity contribution in [2.24, 2.45) is 0 Å². The average molecular weight is 269 g/mol. The van der Waals surface area contributed by atoms with Crippen molar-refractivity contribution in [1.82, 2.24) is 10.2 Å². The van der Waals surface area contributed by atoms with Crippen LogP contribution in [0.2, 0.25) is 5.15 Å². The number of nitrogens with zero attached hydrogens (tertiary/aromatic N) is 2. The first-order valence-electron chi connectivity index (χ1n) is 5.35. The van der Waals surface area contributed by atoms with Crippen LogP contribution in [0.5, 0.6) is 0 Å². The molecular formula is C12H13ClN2OS. The van der Waals surface area contributed by atoms with E-state index in [1.165, 1.54) is 11.8 Å². The third kappa shape index (κ3) is 2.70. The molecular weight excluding hydrogens is 256 g/mol. The smallest absolute Gasteiger partial charge is 0.159 e. The van der Waals surface area contributed by atoms with E-state index in [1.807, 2.05) is 31.2 Å². The highest BCUT2D eigenvalue weighted by molar-refractivity contribution is 8.00. The summed E-state index contributed by atoms with van der Waals surface area (Å²) in [7, 11) is 0. The Morgan fingerprint density at radius 2 is 1.82 bits per heavy atom. The first-order valence-corrected chi connectivity index (χ1v) is 6.61. The summed E-state index contributed by atoms with van der Waals surface area (Å²) in [5.74, 6) is 0. The topological polar surface area (TPSA) is 46.0 Å². The van der Waals surface area contributed by atoms with Gasteiger partial charge in [-0.1, -0.05) is 54.6 Å². The molecule has 90 valence electrons. The van der Waals surface area contributed by atoms with Crippen molar-refractivity contribution in [2.45, 2.75) is 30.2 Å². The zero-order valence-electron chi connectivity index (χ0n) is 9.59. The van der Waals surface area contributed by atoms with Crippen LogP contribution in [0.25, 0.3) is 10.8 Å². The lowest BCUT2D eigenvalue weighted by molar-refractivity contribution is 0.196. The molecule has 0 aliphatic carbocycles. The molecule has 1 aromatic carbocycles. The van der Waals surface area contributed by atoms with E-state index in [4.69, 9.17) is 11.6 Å². The summed E-state index contributed by atoms with van der Waals surface area (Å²) in [5, 5.41) is 20.7. The molecule has 2 atom stereocenters. The van der Waals surface area contributed by atoms with Crippen LogP contribution in [-0.2, 0) is 0 Å². The van der Waals surface area contributed by atoms with Gasteiger partial charge < -0.3 is 5.11 Å². The van der Waals surface area contributed by atoms with Gasteiger partial charge in [0.25, 0.3) is 0 Å². The van der Waals surface area contributed by atoms with Gasteiger partial charge in [0.05, 0.1) is 6.10 Å². The Morgan fingerprint density at radius 3 is 2.47 bits per heavy atom. The first kappa shape index (κ1) is 12.6. The Kier molecular flexibility index (Phi) is 3.86. The van der Waals surface area contributed by atoms with Crippen LogP contribution in [0.4, 0.5) is 0 Å². The maximum Gasteiger partial charge on any atom is 0.159 e. The molecule has 0 radical (unpaired) electrons. The molecule has 1 N–H and O–H groups in total. The lowest BCUT2D eigenvalue weighted by atomic mass is 10.2. The fourth-order valence-electron chi connectivity index (χ4n) is 1.41. The van der Waals surface area contributed by atoms with E-state index in [1.54, 1.807) is 6.92 Å². The lowest BCUT2D eigenvalue weighted by Gasteiger charge is -2.14. The third-order valence-electron chi connectivity index (χ3n) is 2.59. The molecule has 1 heterocycles. The van der Waals surface area contributed by atoms with E-state index < -0.39 is 6.10 Å². The number of aliphatic hydroxyl groups is 1. The Labute approximate surface area is 109 Å². The van der Waals surface area contributed by atoms with Crippen molar-refractivity contribution >= 4 is 34.1 Å². The Morgan fingerprint density at radius 1 is 1.18 bits per heavy atom. The van der Waals surface area contributed by atoms with E-state index >= 15 is 0 Å². The maximum absolute atomic E-state index is 9.51. The van der Waals surface area contributed by atoms with E-state index in [9.17, 15) is 5.11 Å². The van der Waals surface area contributed by atoms with Crippen LogP contribution in [0, 0.1) is 0 Å². The largest absolute Gasteiger partial charge is 0.392 e. The van der Waals surface area contributed by atoms with Crippen molar-refractivity contribution in [1.29, 1.82) is 0 Å². The Bertz CT molecular complexity index is 533. The molecule has 0 spiro atoms. The highest BCUT2D eigenvalue weighted by Gasteiger charge is 2.14. The number of hydrogen-bond acceptors (Lipinski definition) is 4. The fraction of sp³-hybridized carbons (Fsp3) is 0.333. The summed E-state index contributed by atoms with van der Waals surface area (Å²) in [6.45, 7) is 3.73. The van der Waals surface area contributed by atoms with Gasteiger partial charge >= 0.3 is 0 Å². The summed E-state index contributed by atoms with van der Waals surface area (Å²) in [4.78, 5) is 0. The summed E-state index contributed by atoms with van der Waals surface area (Å²) < 4.78 is 0. The maximum atomic E-state index is 9.51. The van der Waals surface area contributed by atoms with Crippen LogP contribution < -0.4 is 0 Å². The zero-order valence-corrected chi connectivity index (χ0v) is 11.2. The van der Waals surface area contributed by atoms with Crippen molar-refractivity contribution in [3.8, 4) is 0 Å². The molecule has 1 aromatic heterocycles. The average Bonchev–Trinajstić information content (AvgIpc) is 2.33. The molecule has 0 saturated carbocycles. The van der Waals surface area contributed by atoms with E-state index in [0.29, 0.717) is 5.15 Å². The van der Waals surface area contributed by atoms with E-state index in [-0.39, 0.29) is 5.25 Å². The molecule has 3 nitrogen and oxygen atoms in total. The predicted molar refractivity (Wildman–Crippen MR) is 71.5 cm³/mol. The molecule has 2 unspecified atom stereocenters. The highest BCUT2D eigenvalue weighted by atomic mass is 35.5.